The van der Waals surface area contributed by atoms with E-state index in [1.54, 1.807) is 0 Å². The van der Waals surface area contributed by atoms with Gasteiger partial charge in [-0.15, -0.1) is 0 Å². The molecule has 4 heteroatoms. The van der Waals surface area contributed by atoms with Crippen LogP contribution in [0.2, 0.25) is 0 Å². The minimum atomic E-state index is -4.23. The van der Waals surface area contributed by atoms with Crippen LogP contribution in [0.5, 0.6) is 0 Å². The number of hydrogen-bond donors (Lipinski definition) is 0. The number of hydrogen-bond acceptors (Lipinski definition) is 1. The fourth-order valence-electron chi connectivity index (χ4n) is 0.475. The average Bonchev–Trinajstić information content (AvgIpc) is 1.96. The fourth-order valence-corrected chi connectivity index (χ4v) is 0.475. The van der Waals surface area contributed by atoms with Crippen molar-refractivity contribution in [2.75, 3.05) is 6.61 Å². The van der Waals surface area contributed by atoms with Crippen LogP contribution in [0.25, 0.3) is 0 Å². The Morgan fingerprint density at radius 3 is 2.42 bits per heavy atom. The number of rotatable bonds is 4. The van der Waals surface area contributed by atoms with Crippen LogP contribution in [0, 0.1) is 6.61 Å². The van der Waals surface area contributed by atoms with Gasteiger partial charge in [-0.05, 0) is 13.3 Å². The number of halogens is 3. The van der Waals surface area contributed by atoms with Crippen LogP contribution in [-0.4, -0.2) is 12.8 Å². The maximum atomic E-state index is 11.8. The number of allylic oxidation sites excluding steroid dienone is 1. The first-order valence-electron chi connectivity index (χ1n) is 3.65. The van der Waals surface area contributed by atoms with Crippen LogP contribution >= 0.6 is 0 Å². The summed E-state index contributed by atoms with van der Waals surface area (Å²) in [6.45, 7) is 4.33. The molecule has 0 bridgehead atoms. The van der Waals surface area contributed by atoms with E-state index < -0.39 is 11.7 Å². The molecule has 0 aliphatic heterocycles. The number of ether oxygens (including phenoxy) is 1. The summed E-state index contributed by atoms with van der Waals surface area (Å²) in [6.07, 6.45) is -2.51. The zero-order valence-electron chi connectivity index (χ0n) is 7.11. The van der Waals surface area contributed by atoms with Gasteiger partial charge in [0.05, 0.1) is 13.2 Å². The molecule has 0 aromatic rings. The van der Waals surface area contributed by atoms with E-state index in [0.29, 0.717) is 6.42 Å². The van der Waals surface area contributed by atoms with E-state index >= 15 is 0 Å². The molecule has 0 aromatic heterocycles. The Labute approximate surface area is 70.2 Å². The molecule has 0 saturated heterocycles. The standard InChI is InChI=1S/C8H12F3O/c1-3-5-12-6-4-7(2)8(9,10)11/h4-5H,3,6H2,1-2H3/b7-4+. The monoisotopic (exact) mass is 181 g/mol. The molecule has 0 aromatic carbocycles. The summed E-state index contributed by atoms with van der Waals surface area (Å²) < 4.78 is 40.2. The molecule has 71 valence electrons. The maximum absolute atomic E-state index is 11.8. The van der Waals surface area contributed by atoms with E-state index in [1.807, 2.05) is 6.92 Å². The zero-order valence-corrected chi connectivity index (χ0v) is 7.11. The van der Waals surface area contributed by atoms with Crippen LogP contribution in [-0.2, 0) is 4.74 Å². The van der Waals surface area contributed by atoms with E-state index in [0.717, 1.165) is 13.0 Å². The van der Waals surface area contributed by atoms with E-state index in [2.05, 4.69) is 0 Å². The van der Waals surface area contributed by atoms with Gasteiger partial charge in [-0.3, -0.25) is 0 Å². The molecule has 0 amide bonds. The Hall–Kier alpha value is -0.510. The molecule has 0 spiro atoms. The van der Waals surface area contributed by atoms with E-state index in [-0.39, 0.29) is 6.61 Å². The fraction of sp³-hybridized carbons (Fsp3) is 0.625. The number of alkyl halides is 3. The molecule has 0 aliphatic carbocycles. The third kappa shape index (κ3) is 5.18. The Balaban J connectivity index is 3.70. The molecule has 1 nitrogen and oxygen atoms in total. The molecule has 0 saturated carbocycles. The molecule has 1 radical (unpaired) electrons. The summed E-state index contributed by atoms with van der Waals surface area (Å²) in [7, 11) is 0. The Morgan fingerprint density at radius 2 is 2.00 bits per heavy atom. The molecule has 0 aliphatic rings. The third-order valence-corrected chi connectivity index (χ3v) is 1.22. The van der Waals surface area contributed by atoms with Crippen molar-refractivity contribution in [3.05, 3.63) is 18.3 Å². The summed E-state index contributed by atoms with van der Waals surface area (Å²) in [4.78, 5) is 0. The molecule has 0 fully saturated rings. The molecule has 0 rings (SSSR count). The molecule has 0 heterocycles. The van der Waals surface area contributed by atoms with Crippen LogP contribution in [0.1, 0.15) is 20.3 Å². The lowest BCUT2D eigenvalue weighted by atomic mass is 10.3. The normalized spacial score (nSPS) is 13.6. The lowest BCUT2D eigenvalue weighted by molar-refractivity contribution is -0.0918. The molecule has 12 heavy (non-hydrogen) atoms. The van der Waals surface area contributed by atoms with Gasteiger partial charge in [0.1, 0.15) is 0 Å². The Kier molecular flexibility index (Phi) is 4.97. The van der Waals surface area contributed by atoms with Crippen LogP contribution in [0.3, 0.4) is 0 Å². The highest BCUT2D eigenvalue weighted by Gasteiger charge is 2.29. The van der Waals surface area contributed by atoms with Gasteiger partial charge in [0.25, 0.3) is 0 Å². The lowest BCUT2D eigenvalue weighted by Crippen LogP contribution is -2.09. The smallest absolute Gasteiger partial charge is 0.371 e. The van der Waals surface area contributed by atoms with Gasteiger partial charge in [0, 0.05) is 5.57 Å². The van der Waals surface area contributed by atoms with Crippen molar-refractivity contribution in [2.24, 2.45) is 0 Å². The lowest BCUT2D eigenvalue weighted by Gasteiger charge is -2.05. The summed E-state index contributed by atoms with van der Waals surface area (Å²) in [5.41, 5.74) is -0.619. The topological polar surface area (TPSA) is 9.23 Å². The minimum absolute atomic E-state index is 0.0147. The summed E-state index contributed by atoms with van der Waals surface area (Å²) in [5.74, 6) is 0. The first-order valence-corrected chi connectivity index (χ1v) is 3.65. The van der Waals surface area contributed by atoms with Crippen LogP contribution in [0.4, 0.5) is 13.2 Å². The van der Waals surface area contributed by atoms with Crippen molar-refractivity contribution in [3.8, 4) is 0 Å². The van der Waals surface area contributed by atoms with Crippen molar-refractivity contribution in [1.29, 1.82) is 0 Å². The molecular weight excluding hydrogens is 169 g/mol. The van der Waals surface area contributed by atoms with E-state index in [9.17, 15) is 13.2 Å². The first kappa shape index (κ1) is 11.5. The van der Waals surface area contributed by atoms with Gasteiger partial charge >= 0.3 is 6.18 Å². The summed E-state index contributed by atoms with van der Waals surface area (Å²) in [5, 5.41) is 0. The quantitative estimate of drug-likeness (QED) is 0.478. The molecule has 0 atom stereocenters. The maximum Gasteiger partial charge on any atom is 0.412 e. The highest BCUT2D eigenvalue weighted by atomic mass is 19.4. The van der Waals surface area contributed by atoms with Gasteiger partial charge in [-0.2, -0.15) is 13.2 Å². The molecule has 0 N–H and O–H groups in total. The Bertz CT molecular complexity index is 149. The second-order valence-electron chi connectivity index (χ2n) is 2.29. The largest absolute Gasteiger partial charge is 0.412 e. The summed E-state index contributed by atoms with van der Waals surface area (Å²) in [6, 6.07) is 0. The van der Waals surface area contributed by atoms with Crippen molar-refractivity contribution >= 4 is 0 Å². The predicted molar refractivity (Wildman–Crippen MR) is 40.4 cm³/mol. The van der Waals surface area contributed by atoms with Gasteiger partial charge in [0.2, 0.25) is 0 Å². The Morgan fingerprint density at radius 1 is 1.42 bits per heavy atom. The van der Waals surface area contributed by atoms with E-state index in [4.69, 9.17) is 4.74 Å². The van der Waals surface area contributed by atoms with Crippen molar-refractivity contribution in [1.82, 2.24) is 0 Å². The van der Waals surface area contributed by atoms with Crippen molar-refractivity contribution in [3.63, 3.8) is 0 Å². The second-order valence-corrected chi connectivity index (χ2v) is 2.29. The third-order valence-electron chi connectivity index (χ3n) is 1.22. The highest BCUT2D eigenvalue weighted by Crippen LogP contribution is 2.24. The average molecular weight is 181 g/mol. The van der Waals surface area contributed by atoms with Gasteiger partial charge in [-0.1, -0.05) is 13.0 Å². The molecule has 0 unspecified atom stereocenters. The van der Waals surface area contributed by atoms with Crippen LogP contribution in [0.15, 0.2) is 11.6 Å². The molecular formula is C8H12F3O. The van der Waals surface area contributed by atoms with Gasteiger partial charge in [-0.25, -0.2) is 0 Å². The SMILES string of the molecule is CC[CH]OC/C=C(\C)C(F)(F)F. The highest BCUT2D eigenvalue weighted by molar-refractivity contribution is 5.05. The van der Waals surface area contributed by atoms with Crippen LogP contribution < -0.4 is 0 Å². The first-order chi connectivity index (χ1) is 5.48. The van der Waals surface area contributed by atoms with E-state index in [1.165, 1.54) is 6.61 Å². The summed E-state index contributed by atoms with van der Waals surface area (Å²) >= 11 is 0. The van der Waals surface area contributed by atoms with Crippen molar-refractivity contribution < 1.29 is 17.9 Å². The van der Waals surface area contributed by atoms with Crippen molar-refractivity contribution in [2.45, 2.75) is 26.4 Å². The zero-order chi connectivity index (χ0) is 9.61. The van der Waals surface area contributed by atoms with Gasteiger partial charge < -0.3 is 4.74 Å². The minimum Gasteiger partial charge on any atom is -0.371 e. The second kappa shape index (κ2) is 5.19. The predicted octanol–water partition coefficient (Wildman–Crippen LogP) is 3.08. The van der Waals surface area contributed by atoms with Gasteiger partial charge in [0.15, 0.2) is 0 Å².